The van der Waals surface area contributed by atoms with Gasteiger partial charge in [-0.3, -0.25) is 4.79 Å². The Bertz CT molecular complexity index is 344. The molecule has 6 heteroatoms. The van der Waals surface area contributed by atoms with E-state index in [-0.39, 0.29) is 12.6 Å². The van der Waals surface area contributed by atoms with Crippen LogP contribution in [-0.2, 0) is 4.79 Å². The lowest BCUT2D eigenvalue weighted by molar-refractivity contribution is -0.153. The van der Waals surface area contributed by atoms with Gasteiger partial charge in [-0.25, -0.2) is 4.79 Å². The smallest absolute Gasteiger partial charge is 0.317 e. The number of hydrogen-bond donors (Lipinski definition) is 2. The van der Waals surface area contributed by atoms with Gasteiger partial charge in [0.05, 0.1) is 5.41 Å². The van der Waals surface area contributed by atoms with E-state index in [2.05, 4.69) is 12.2 Å². The number of carbonyl (C=O) groups is 2. The summed E-state index contributed by atoms with van der Waals surface area (Å²) in [4.78, 5) is 24.9. The number of carbonyl (C=O) groups excluding carboxylic acids is 1. The minimum Gasteiger partial charge on any atom is -0.481 e. The van der Waals surface area contributed by atoms with Gasteiger partial charge >= 0.3 is 12.0 Å². The number of hydrogen-bond acceptors (Lipinski definition) is 3. The number of aliphatic carboxylic acids is 1. The highest BCUT2D eigenvalue weighted by molar-refractivity contribution is 7.99. The monoisotopic (exact) mass is 272 g/mol. The third-order valence-corrected chi connectivity index (χ3v) is 5.01. The predicted molar refractivity (Wildman–Crippen MR) is 70.8 cm³/mol. The maximum Gasteiger partial charge on any atom is 0.317 e. The molecule has 0 aromatic rings. The Morgan fingerprint density at radius 2 is 2.22 bits per heavy atom. The van der Waals surface area contributed by atoms with Crippen molar-refractivity contribution in [2.75, 3.05) is 25.4 Å². The molecule has 2 rings (SSSR count). The Kier molecular flexibility index (Phi) is 4.04. The van der Waals surface area contributed by atoms with Gasteiger partial charge in [0.2, 0.25) is 0 Å². The van der Waals surface area contributed by atoms with E-state index in [0.29, 0.717) is 18.1 Å². The molecule has 18 heavy (non-hydrogen) atoms. The van der Waals surface area contributed by atoms with Crippen LogP contribution in [0.2, 0.25) is 0 Å². The van der Waals surface area contributed by atoms with Gasteiger partial charge in [-0.2, -0.15) is 11.8 Å². The van der Waals surface area contributed by atoms with E-state index in [1.165, 1.54) is 0 Å². The van der Waals surface area contributed by atoms with Crippen LogP contribution < -0.4 is 5.32 Å². The molecule has 1 unspecified atom stereocenters. The van der Waals surface area contributed by atoms with Gasteiger partial charge in [-0.05, 0) is 12.8 Å². The zero-order valence-electron chi connectivity index (χ0n) is 10.6. The third kappa shape index (κ3) is 2.74. The van der Waals surface area contributed by atoms with Crippen LogP contribution in [0, 0.1) is 5.41 Å². The molecule has 1 atom stereocenters. The Labute approximate surface area is 111 Å². The van der Waals surface area contributed by atoms with Crippen LogP contribution in [0.25, 0.3) is 0 Å². The van der Waals surface area contributed by atoms with E-state index in [1.54, 1.807) is 4.90 Å². The molecular formula is C12H20N2O3S. The summed E-state index contributed by atoms with van der Waals surface area (Å²) in [5.74, 6) is 0.176. The van der Waals surface area contributed by atoms with E-state index >= 15 is 0 Å². The number of nitrogens with zero attached hydrogens (tertiary/aromatic N) is 1. The quantitative estimate of drug-likeness (QED) is 0.814. The molecule has 2 fully saturated rings. The van der Waals surface area contributed by atoms with Crippen molar-refractivity contribution >= 4 is 23.8 Å². The number of carboxylic acid groups (broad SMARTS) is 1. The van der Waals surface area contributed by atoms with E-state index in [1.807, 2.05) is 11.8 Å². The summed E-state index contributed by atoms with van der Waals surface area (Å²) in [5, 5.41) is 12.4. The average molecular weight is 272 g/mol. The maximum atomic E-state index is 12.0. The van der Waals surface area contributed by atoms with Gasteiger partial charge in [0.1, 0.15) is 0 Å². The van der Waals surface area contributed by atoms with Crippen molar-refractivity contribution < 1.29 is 14.7 Å². The van der Waals surface area contributed by atoms with E-state index in [9.17, 15) is 14.7 Å². The summed E-state index contributed by atoms with van der Waals surface area (Å²) < 4.78 is 0. The summed E-state index contributed by atoms with van der Waals surface area (Å²) in [6.45, 7) is 3.87. The minimum atomic E-state index is -0.781. The molecule has 0 aromatic heterocycles. The van der Waals surface area contributed by atoms with Gasteiger partial charge in [0.25, 0.3) is 0 Å². The highest BCUT2D eigenvalue weighted by Crippen LogP contribution is 2.40. The first-order chi connectivity index (χ1) is 8.53. The molecule has 1 aliphatic carbocycles. The molecule has 1 saturated heterocycles. The van der Waals surface area contributed by atoms with Gasteiger partial charge in [-0.15, -0.1) is 0 Å². The standard InChI is InChI=1S/C12H20N2O3S/c1-9-7-14(5-6-18-9)11(17)13-8-12(10(15)16)3-2-4-12/h9H,2-8H2,1H3,(H,13,17)(H,15,16). The highest BCUT2D eigenvalue weighted by Gasteiger charge is 2.44. The predicted octanol–water partition coefficient (Wildman–Crippen LogP) is 1.39. The molecule has 0 spiro atoms. The largest absolute Gasteiger partial charge is 0.481 e. The number of carboxylic acids is 1. The summed E-state index contributed by atoms with van der Waals surface area (Å²) in [5.41, 5.74) is -0.703. The fourth-order valence-corrected chi connectivity index (χ4v) is 3.44. The summed E-state index contributed by atoms with van der Waals surface area (Å²) >= 11 is 1.87. The molecule has 1 aliphatic heterocycles. The number of thioether (sulfide) groups is 1. The highest BCUT2D eigenvalue weighted by atomic mass is 32.2. The van der Waals surface area contributed by atoms with Crippen LogP contribution >= 0.6 is 11.8 Å². The van der Waals surface area contributed by atoms with Gasteiger partial charge in [-0.1, -0.05) is 13.3 Å². The van der Waals surface area contributed by atoms with Crippen LogP contribution in [0.3, 0.4) is 0 Å². The Morgan fingerprint density at radius 1 is 1.50 bits per heavy atom. The molecule has 1 saturated carbocycles. The number of rotatable bonds is 3. The number of nitrogens with one attached hydrogen (secondary N) is 1. The van der Waals surface area contributed by atoms with E-state index < -0.39 is 11.4 Å². The Hall–Kier alpha value is -0.910. The van der Waals surface area contributed by atoms with E-state index in [4.69, 9.17) is 0 Å². The topological polar surface area (TPSA) is 69.6 Å². The van der Waals surface area contributed by atoms with Gasteiger partial charge in [0.15, 0.2) is 0 Å². The number of amides is 2. The lowest BCUT2D eigenvalue weighted by Crippen LogP contribution is -2.52. The molecule has 5 nitrogen and oxygen atoms in total. The first kappa shape index (κ1) is 13.5. The molecule has 1 heterocycles. The van der Waals surface area contributed by atoms with Crippen LogP contribution in [-0.4, -0.2) is 52.6 Å². The van der Waals surface area contributed by atoms with Crippen molar-refractivity contribution in [3.05, 3.63) is 0 Å². The first-order valence-corrected chi connectivity index (χ1v) is 7.46. The SMILES string of the molecule is CC1CN(C(=O)NCC2(C(=O)O)CCC2)CCS1. The second-order valence-electron chi connectivity index (χ2n) is 5.23. The molecule has 0 aromatic carbocycles. The maximum absolute atomic E-state index is 12.0. The fourth-order valence-electron chi connectivity index (χ4n) is 2.43. The molecule has 0 bridgehead atoms. The molecular weight excluding hydrogens is 252 g/mol. The van der Waals surface area contributed by atoms with Crippen LogP contribution in [0.5, 0.6) is 0 Å². The lowest BCUT2D eigenvalue weighted by atomic mass is 9.69. The molecule has 0 radical (unpaired) electrons. The van der Waals surface area contributed by atoms with Crippen molar-refractivity contribution in [3.8, 4) is 0 Å². The van der Waals surface area contributed by atoms with Crippen LogP contribution in [0.1, 0.15) is 26.2 Å². The van der Waals surface area contributed by atoms with Gasteiger partial charge < -0.3 is 15.3 Å². The van der Waals surface area contributed by atoms with Crippen molar-refractivity contribution in [1.29, 1.82) is 0 Å². The average Bonchev–Trinajstić information content (AvgIpc) is 2.26. The zero-order chi connectivity index (χ0) is 13.2. The fraction of sp³-hybridized carbons (Fsp3) is 0.833. The summed E-state index contributed by atoms with van der Waals surface area (Å²) in [6, 6.07) is -0.116. The second kappa shape index (κ2) is 5.38. The Morgan fingerprint density at radius 3 is 2.72 bits per heavy atom. The third-order valence-electron chi connectivity index (χ3n) is 3.87. The van der Waals surface area contributed by atoms with E-state index in [0.717, 1.165) is 25.3 Å². The molecule has 2 amide bonds. The lowest BCUT2D eigenvalue weighted by Gasteiger charge is -2.38. The minimum absolute atomic E-state index is 0.116. The van der Waals surface area contributed by atoms with Crippen molar-refractivity contribution in [1.82, 2.24) is 10.2 Å². The van der Waals surface area contributed by atoms with Crippen molar-refractivity contribution in [3.63, 3.8) is 0 Å². The number of urea groups is 1. The van der Waals surface area contributed by atoms with Crippen molar-refractivity contribution in [2.45, 2.75) is 31.4 Å². The zero-order valence-corrected chi connectivity index (χ0v) is 11.5. The Balaban J connectivity index is 1.82. The molecule has 2 N–H and O–H groups in total. The molecule has 102 valence electrons. The summed E-state index contributed by atoms with van der Waals surface area (Å²) in [7, 11) is 0. The summed E-state index contributed by atoms with van der Waals surface area (Å²) in [6.07, 6.45) is 2.29. The van der Waals surface area contributed by atoms with Crippen LogP contribution in [0.4, 0.5) is 4.79 Å². The first-order valence-electron chi connectivity index (χ1n) is 6.41. The van der Waals surface area contributed by atoms with Gasteiger partial charge in [0, 0.05) is 30.6 Å². The van der Waals surface area contributed by atoms with Crippen molar-refractivity contribution in [2.24, 2.45) is 5.41 Å². The molecule has 2 aliphatic rings. The second-order valence-corrected chi connectivity index (χ2v) is 6.77. The normalized spacial score (nSPS) is 26.3. The van der Waals surface area contributed by atoms with Crippen LogP contribution in [0.15, 0.2) is 0 Å².